The minimum Gasteiger partial charge on any atom is -0.507 e. The quantitative estimate of drug-likeness (QED) is 0.456. The first-order chi connectivity index (χ1) is 15.8. The Bertz CT molecular complexity index is 1600. The summed E-state index contributed by atoms with van der Waals surface area (Å²) in [5.74, 6) is -0.364. The second-order valence-electron chi connectivity index (χ2n) is 7.88. The van der Waals surface area contributed by atoms with Crippen molar-refractivity contribution in [2.75, 3.05) is 0 Å². The van der Waals surface area contributed by atoms with Crippen molar-refractivity contribution in [1.82, 2.24) is 0 Å². The minimum absolute atomic E-state index is 0.0616. The number of fused-ring (bicyclic) bond motifs is 2. The van der Waals surface area contributed by atoms with Crippen LogP contribution in [0.1, 0.15) is 27.0 Å². The predicted molar refractivity (Wildman–Crippen MR) is 129 cm³/mol. The summed E-state index contributed by atoms with van der Waals surface area (Å²) in [5, 5.41) is 12.2. The molecule has 1 N–H and O–H groups in total. The van der Waals surface area contributed by atoms with Crippen LogP contribution in [0.15, 0.2) is 100 Å². The van der Waals surface area contributed by atoms with Crippen LogP contribution in [0.2, 0.25) is 0 Å². The van der Waals surface area contributed by atoms with E-state index in [2.05, 4.69) is 4.40 Å². The van der Waals surface area contributed by atoms with E-state index in [0.717, 1.165) is 10.9 Å². The second kappa shape index (κ2) is 7.83. The maximum Gasteiger partial charge on any atom is 0.282 e. The van der Waals surface area contributed by atoms with Crippen molar-refractivity contribution in [2.24, 2.45) is 4.40 Å². The SMILES string of the molecule is Cc1ccc(S(=O)(=O)/N=C2\C=C(c3c(O)ccc4ccccc34)C(=O)c3ccccc32)cc1. The van der Waals surface area contributed by atoms with E-state index in [4.69, 9.17) is 0 Å². The van der Waals surface area contributed by atoms with Crippen LogP contribution in [-0.2, 0) is 10.0 Å². The smallest absolute Gasteiger partial charge is 0.282 e. The largest absolute Gasteiger partial charge is 0.507 e. The number of benzene rings is 4. The number of carbonyl (C=O) groups excluding carboxylic acids is 1. The third-order valence-electron chi connectivity index (χ3n) is 5.69. The molecule has 0 bridgehead atoms. The van der Waals surface area contributed by atoms with Gasteiger partial charge in [0.25, 0.3) is 10.0 Å². The molecule has 5 rings (SSSR count). The van der Waals surface area contributed by atoms with Gasteiger partial charge in [0.15, 0.2) is 5.78 Å². The molecule has 0 aromatic heterocycles. The number of carbonyl (C=O) groups is 1. The lowest BCUT2D eigenvalue weighted by Gasteiger charge is -2.19. The van der Waals surface area contributed by atoms with Crippen LogP contribution in [0.3, 0.4) is 0 Å². The number of hydrogen-bond donors (Lipinski definition) is 1. The molecule has 1 aliphatic rings. The van der Waals surface area contributed by atoms with Gasteiger partial charge in [-0.25, -0.2) is 0 Å². The lowest BCUT2D eigenvalue weighted by Crippen LogP contribution is -2.18. The zero-order chi connectivity index (χ0) is 23.2. The van der Waals surface area contributed by atoms with Crippen molar-refractivity contribution in [1.29, 1.82) is 0 Å². The normalized spacial score (nSPS) is 14.9. The van der Waals surface area contributed by atoms with Crippen LogP contribution in [0.25, 0.3) is 16.3 Å². The standard InChI is InChI=1S/C27H19NO4S/c1-17-10-13-19(14-11-17)33(31,32)28-24-16-23(27(30)22-9-5-4-8-21(22)24)26-20-7-3-2-6-18(20)12-15-25(26)29/h2-16,29H,1H3/b28-24+. The maximum absolute atomic E-state index is 13.4. The van der Waals surface area contributed by atoms with E-state index in [-0.39, 0.29) is 27.7 Å². The Morgan fingerprint density at radius 1 is 0.788 bits per heavy atom. The number of sulfonamides is 1. The molecular formula is C27H19NO4S. The fourth-order valence-electron chi connectivity index (χ4n) is 4.03. The van der Waals surface area contributed by atoms with E-state index in [1.54, 1.807) is 42.5 Å². The van der Waals surface area contributed by atoms with Gasteiger partial charge < -0.3 is 5.11 Å². The van der Waals surface area contributed by atoms with Gasteiger partial charge in [-0.1, -0.05) is 72.3 Å². The van der Waals surface area contributed by atoms with Crippen LogP contribution < -0.4 is 0 Å². The highest BCUT2D eigenvalue weighted by atomic mass is 32.2. The average molecular weight is 454 g/mol. The zero-order valence-corrected chi connectivity index (χ0v) is 18.5. The van der Waals surface area contributed by atoms with Gasteiger partial charge in [0.05, 0.1) is 10.6 Å². The molecule has 162 valence electrons. The van der Waals surface area contributed by atoms with Crippen molar-refractivity contribution in [3.63, 3.8) is 0 Å². The molecule has 4 aromatic carbocycles. The number of allylic oxidation sites excluding steroid dienone is 2. The lowest BCUT2D eigenvalue weighted by molar-refractivity contribution is 0.105. The third-order valence-corrected chi connectivity index (χ3v) is 6.99. The molecule has 0 radical (unpaired) electrons. The fraction of sp³-hybridized carbons (Fsp3) is 0.0370. The Morgan fingerprint density at radius 2 is 1.45 bits per heavy atom. The summed E-state index contributed by atoms with van der Waals surface area (Å²) in [4.78, 5) is 13.5. The van der Waals surface area contributed by atoms with E-state index in [0.29, 0.717) is 22.1 Å². The molecule has 0 saturated heterocycles. The molecule has 33 heavy (non-hydrogen) atoms. The van der Waals surface area contributed by atoms with Gasteiger partial charge >= 0.3 is 0 Å². The van der Waals surface area contributed by atoms with Gasteiger partial charge in [-0.3, -0.25) is 4.79 Å². The first kappa shape index (κ1) is 20.8. The van der Waals surface area contributed by atoms with E-state index >= 15 is 0 Å². The molecule has 5 nitrogen and oxygen atoms in total. The van der Waals surface area contributed by atoms with Gasteiger partial charge in [0, 0.05) is 22.3 Å². The number of ketones is 1. The van der Waals surface area contributed by atoms with Crippen LogP contribution in [-0.4, -0.2) is 25.0 Å². The number of Topliss-reactive ketones (excluding diaryl/α,β-unsaturated/α-hetero) is 1. The van der Waals surface area contributed by atoms with Gasteiger partial charge in [0.1, 0.15) is 5.75 Å². The van der Waals surface area contributed by atoms with E-state index in [9.17, 15) is 18.3 Å². The molecular weight excluding hydrogens is 434 g/mol. The summed E-state index contributed by atoms with van der Waals surface area (Å²) in [7, 11) is -4.03. The zero-order valence-electron chi connectivity index (χ0n) is 17.7. The van der Waals surface area contributed by atoms with Gasteiger partial charge in [0.2, 0.25) is 0 Å². The maximum atomic E-state index is 13.4. The Hall–Kier alpha value is -4.03. The van der Waals surface area contributed by atoms with Crippen LogP contribution >= 0.6 is 0 Å². The van der Waals surface area contributed by atoms with Crippen molar-refractivity contribution < 1.29 is 18.3 Å². The topological polar surface area (TPSA) is 83.8 Å². The minimum atomic E-state index is -4.03. The number of aryl methyl sites for hydroxylation is 1. The first-order valence-corrected chi connectivity index (χ1v) is 11.8. The highest BCUT2D eigenvalue weighted by Crippen LogP contribution is 2.37. The molecule has 0 spiro atoms. The molecule has 0 fully saturated rings. The molecule has 6 heteroatoms. The van der Waals surface area contributed by atoms with Crippen molar-refractivity contribution in [3.05, 3.63) is 113 Å². The number of aromatic hydroxyl groups is 1. The van der Waals surface area contributed by atoms with Crippen molar-refractivity contribution in [2.45, 2.75) is 11.8 Å². The van der Waals surface area contributed by atoms with E-state index < -0.39 is 10.0 Å². The van der Waals surface area contributed by atoms with Gasteiger partial charge in [-0.15, -0.1) is 0 Å². The summed E-state index contributed by atoms with van der Waals surface area (Å²) in [5.41, 5.74) is 2.40. The number of phenolic OH excluding ortho intramolecular Hbond substituents is 1. The molecule has 4 aromatic rings. The van der Waals surface area contributed by atoms with Crippen molar-refractivity contribution in [3.8, 4) is 5.75 Å². The summed E-state index contributed by atoms with van der Waals surface area (Å²) in [6.07, 6.45) is 1.46. The van der Waals surface area contributed by atoms with Crippen LogP contribution in [0.4, 0.5) is 0 Å². The highest BCUT2D eigenvalue weighted by molar-refractivity contribution is 7.90. The fourth-order valence-corrected chi connectivity index (χ4v) is 5.02. The summed E-state index contributed by atoms with van der Waals surface area (Å²) in [6.45, 7) is 1.87. The van der Waals surface area contributed by atoms with E-state index in [1.165, 1.54) is 24.3 Å². The number of phenols is 1. The Morgan fingerprint density at radius 3 is 2.21 bits per heavy atom. The van der Waals surface area contributed by atoms with E-state index in [1.807, 2.05) is 31.2 Å². The van der Waals surface area contributed by atoms with Crippen molar-refractivity contribution >= 4 is 37.9 Å². The lowest BCUT2D eigenvalue weighted by atomic mass is 9.84. The summed E-state index contributed by atoms with van der Waals surface area (Å²) < 4.78 is 30.3. The Balaban J connectivity index is 1.77. The molecule has 0 atom stereocenters. The number of hydrogen-bond acceptors (Lipinski definition) is 4. The number of nitrogens with zero attached hydrogens (tertiary/aromatic N) is 1. The molecule has 0 unspecified atom stereocenters. The molecule has 0 aliphatic heterocycles. The summed E-state index contributed by atoms with van der Waals surface area (Å²) in [6, 6.07) is 23.9. The molecule has 0 heterocycles. The Kier molecular flexibility index (Phi) is 4.95. The monoisotopic (exact) mass is 453 g/mol. The highest BCUT2D eigenvalue weighted by Gasteiger charge is 2.29. The molecule has 0 saturated carbocycles. The molecule has 0 amide bonds. The second-order valence-corrected chi connectivity index (χ2v) is 9.48. The van der Waals surface area contributed by atoms with Gasteiger partial charge in [-0.2, -0.15) is 12.8 Å². The first-order valence-electron chi connectivity index (χ1n) is 10.3. The molecule has 1 aliphatic carbocycles. The average Bonchev–Trinajstić information content (AvgIpc) is 2.81. The van der Waals surface area contributed by atoms with Gasteiger partial charge in [-0.05, 0) is 42.0 Å². The van der Waals surface area contributed by atoms with Crippen LogP contribution in [0, 0.1) is 6.92 Å². The van der Waals surface area contributed by atoms with Crippen LogP contribution in [0.5, 0.6) is 5.75 Å². The third kappa shape index (κ3) is 3.64. The Labute approximate surface area is 191 Å². The predicted octanol–water partition coefficient (Wildman–Crippen LogP) is 5.31. The number of rotatable bonds is 3. The summed E-state index contributed by atoms with van der Waals surface area (Å²) >= 11 is 0.